The van der Waals surface area contributed by atoms with Crippen LogP contribution in [0.25, 0.3) is 55.8 Å². The molecule has 0 aliphatic heterocycles. The molecule has 0 aliphatic carbocycles. The summed E-state index contributed by atoms with van der Waals surface area (Å²) in [6.07, 6.45) is 5.63. The topological polar surface area (TPSA) is 64.7 Å². The molecule has 0 amide bonds. The average Bonchev–Trinajstić information content (AvgIpc) is 3.47. The molecule has 7 aromatic rings. The van der Waals surface area contributed by atoms with Gasteiger partial charge in [-0.25, -0.2) is 4.98 Å². The Bertz CT molecular complexity index is 2180. The molecule has 7 rings (SSSR count). The van der Waals surface area contributed by atoms with Gasteiger partial charge in [0.05, 0.1) is 11.3 Å². The number of nitrogens with zero attached hydrogens (tertiary/aromatic N) is 4. The van der Waals surface area contributed by atoms with Gasteiger partial charge >= 0.3 is 134 Å². The van der Waals surface area contributed by atoms with E-state index in [9.17, 15) is 0 Å². The number of furan rings is 1. The fourth-order valence-corrected chi connectivity index (χ4v) is 8.19. The fraction of sp³-hybridized carbons (Fsp3) is 0.200. The quantitative estimate of drug-likeness (QED) is 0.128. The van der Waals surface area contributed by atoms with Crippen molar-refractivity contribution in [2.24, 2.45) is 5.41 Å². The molecular formula is C40H38GeIrN4O-2. The third kappa shape index (κ3) is 8.13. The number of hydrogen-bond donors (Lipinski definition) is 0. The molecule has 0 N–H and O–H groups in total. The summed E-state index contributed by atoms with van der Waals surface area (Å²) in [6, 6.07) is 34.0. The van der Waals surface area contributed by atoms with Gasteiger partial charge in [0.2, 0.25) is 5.71 Å². The number of rotatable bonds is 5. The Kier molecular flexibility index (Phi) is 9.71. The molecule has 0 aliphatic rings. The summed E-state index contributed by atoms with van der Waals surface area (Å²) in [5, 5.41) is 2.03. The number of aromatic nitrogens is 4. The van der Waals surface area contributed by atoms with Crippen molar-refractivity contribution < 1.29 is 27.3 Å². The van der Waals surface area contributed by atoms with Crippen LogP contribution >= 0.6 is 0 Å². The maximum Gasteiger partial charge on any atom is 0.216 e. The summed E-state index contributed by atoms with van der Waals surface area (Å²) < 4.78 is 24.7. The van der Waals surface area contributed by atoms with Gasteiger partial charge in [-0.2, -0.15) is 0 Å². The molecule has 2 aromatic carbocycles. The zero-order valence-corrected chi connectivity index (χ0v) is 31.9. The van der Waals surface area contributed by atoms with Crippen molar-refractivity contribution in [3.8, 4) is 33.8 Å². The van der Waals surface area contributed by atoms with Crippen LogP contribution < -0.4 is 4.40 Å². The van der Waals surface area contributed by atoms with Gasteiger partial charge in [-0.05, 0) is 23.9 Å². The first kappa shape index (κ1) is 31.6. The van der Waals surface area contributed by atoms with Gasteiger partial charge in [0, 0.05) is 37.3 Å². The number of fused-ring (bicyclic) bond motifs is 3. The second-order valence-corrected chi connectivity index (χ2v) is 23.8. The first-order chi connectivity index (χ1) is 22.8. The van der Waals surface area contributed by atoms with Gasteiger partial charge in [-0.1, -0.05) is 53.4 Å². The minimum absolute atomic E-state index is 0. The van der Waals surface area contributed by atoms with E-state index < -0.39 is 25.1 Å². The van der Waals surface area contributed by atoms with Crippen LogP contribution in [0.1, 0.15) is 29.1 Å². The number of hydrogen-bond acceptors (Lipinski definition) is 5. The normalized spacial score (nSPS) is 12.5. The van der Waals surface area contributed by atoms with E-state index in [0.29, 0.717) is 5.71 Å². The number of benzene rings is 2. The Hall–Kier alpha value is -3.97. The molecule has 0 saturated carbocycles. The Morgan fingerprint density at radius 2 is 1.57 bits per heavy atom. The predicted molar refractivity (Wildman–Crippen MR) is 191 cm³/mol. The molecule has 7 heteroatoms. The van der Waals surface area contributed by atoms with E-state index >= 15 is 0 Å². The second-order valence-electron chi connectivity index (χ2n) is 13.2. The van der Waals surface area contributed by atoms with Crippen molar-refractivity contribution in [1.82, 2.24) is 19.9 Å². The average molecular weight is 858 g/mol. The smallest absolute Gasteiger partial charge is 0.216 e. The molecule has 0 atom stereocenters. The summed E-state index contributed by atoms with van der Waals surface area (Å²) in [4.78, 5) is 17.8. The standard InChI is InChI=1S/C22H13N2O.C18H25GeN2.Ir/c1-2-7-15(8-3-1)19-13-12-17-16-9-6-10-18(20-11-4-5-14-23-20)21(16)25-22(17)24-19;1-18(2,3)11-15-10-17(14-8-7-9-20-12-14)21-13-16(15)19(4,5)6;/h1-9,11-14H;7,9-10,12-13H,11H2,1-6H3;/q2*-1;/i;11D2;. The van der Waals surface area contributed by atoms with E-state index in [1.165, 1.54) is 0 Å². The molecule has 5 heterocycles. The van der Waals surface area contributed by atoms with Crippen LogP contribution in [0.15, 0.2) is 114 Å². The van der Waals surface area contributed by atoms with E-state index in [-0.39, 0.29) is 20.1 Å². The summed E-state index contributed by atoms with van der Waals surface area (Å²) in [5.74, 6) is 6.82. The third-order valence-corrected chi connectivity index (χ3v) is 11.6. The molecule has 5 aromatic heterocycles. The minimum atomic E-state index is -2.26. The van der Waals surface area contributed by atoms with E-state index in [1.807, 2.05) is 99.8 Å². The second kappa shape index (κ2) is 14.4. The maximum atomic E-state index is 8.74. The van der Waals surface area contributed by atoms with Crippen molar-refractivity contribution in [3.05, 3.63) is 127 Å². The molecule has 5 nitrogen and oxygen atoms in total. The Morgan fingerprint density at radius 1 is 0.787 bits per heavy atom. The summed E-state index contributed by atoms with van der Waals surface area (Å²) in [5.41, 5.74) is 6.89. The van der Waals surface area contributed by atoms with Gasteiger partial charge in [0.15, 0.2) is 0 Å². The van der Waals surface area contributed by atoms with Crippen LogP contribution in [0.5, 0.6) is 0 Å². The van der Waals surface area contributed by atoms with E-state index in [0.717, 1.165) is 60.1 Å². The summed E-state index contributed by atoms with van der Waals surface area (Å²) >= 11 is -2.26. The molecule has 0 saturated heterocycles. The minimum Gasteiger partial charge on any atom is -0.486 e. The van der Waals surface area contributed by atoms with Gasteiger partial charge in [-0.15, -0.1) is 18.2 Å². The zero-order chi connectivity index (χ0) is 34.1. The van der Waals surface area contributed by atoms with E-state index in [1.54, 1.807) is 24.7 Å². The Balaban J connectivity index is 0.000000188. The van der Waals surface area contributed by atoms with Crippen molar-refractivity contribution in [2.75, 3.05) is 0 Å². The van der Waals surface area contributed by atoms with Crippen LogP contribution in [-0.4, -0.2) is 33.2 Å². The molecule has 0 spiro atoms. The van der Waals surface area contributed by atoms with Gasteiger partial charge < -0.3 is 9.40 Å². The molecule has 0 bridgehead atoms. The van der Waals surface area contributed by atoms with Gasteiger partial charge in [0.1, 0.15) is 0 Å². The van der Waals surface area contributed by atoms with Gasteiger partial charge in [-0.3, -0.25) is 0 Å². The van der Waals surface area contributed by atoms with Crippen molar-refractivity contribution in [2.45, 2.75) is 44.4 Å². The first-order valence-electron chi connectivity index (χ1n) is 16.4. The molecule has 47 heavy (non-hydrogen) atoms. The van der Waals surface area contributed by atoms with Gasteiger partial charge in [0.25, 0.3) is 0 Å². The van der Waals surface area contributed by atoms with Crippen LogP contribution in [-0.2, 0) is 26.5 Å². The molecule has 0 unspecified atom stereocenters. The van der Waals surface area contributed by atoms with Crippen LogP contribution in [0.2, 0.25) is 17.3 Å². The van der Waals surface area contributed by atoms with Crippen LogP contribution in [0, 0.1) is 17.5 Å². The summed E-state index contributed by atoms with van der Waals surface area (Å²) in [7, 11) is 0. The number of pyridine rings is 4. The zero-order valence-electron chi connectivity index (χ0n) is 29.4. The Labute approximate surface area is 296 Å². The monoisotopic (exact) mass is 859 g/mol. The van der Waals surface area contributed by atoms with Crippen LogP contribution in [0.3, 0.4) is 0 Å². The van der Waals surface area contributed by atoms with Crippen molar-refractivity contribution in [3.63, 3.8) is 0 Å². The van der Waals surface area contributed by atoms with Crippen molar-refractivity contribution >= 4 is 39.7 Å². The fourth-order valence-electron chi connectivity index (χ4n) is 5.27. The van der Waals surface area contributed by atoms with E-state index in [2.05, 4.69) is 50.4 Å². The molecule has 1 radical (unpaired) electrons. The van der Waals surface area contributed by atoms with Crippen LogP contribution in [0.4, 0.5) is 0 Å². The van der Waals surface area contributed by atoms with E-state index in [4.69, 9.17) is 12.1 Å². The maximum absolute atomic E-state index is 8.74. The molecular weight excluding hydrogens is 817 g/mol. The molecule has 0 fully saturated rings. The first-order valence-corrected chi connectivity index (χ1v) is 22.7. The third-order valence-electron chi connectivity index (χ3n) is 7.39. The van der Waals surface area contributed by atoms with Crippen molar-refractivity contribution in [1.29, 1.82) is 0 Å². The summed E-state index contributed by atoms with van der Waals surface area (Å²) in [6.45, 7) is 5.84. The largest absolute Gasteiger partial charge is 0.486 e. The SMILES string of the molecule is [2H]C([2H])(c1cc(-c2[c-]ccnc2)nc[c]1[Ge]([CH3])([CH3])[CH3])C(C)(C)C.[Ir].[c-]1ccc2c(oc3nc(-c4ccccc4)ccc32)c1-c1ccccn1. The Morgan fingerprint density at radius 3 is 2.26 bits per heavy atom. The predicted octanol–water partition coefficient (Wildman–Crippen LogP) is 9.59. The molecule has 239 valence electrons.